The van der Waals surface area contributed by atoms with Crippen LogP contribution in [-0.2, 0) is 6.42 Å². The summed E-state index contributed by atoms with van der Waals surface area (Å²) < 4.78 is 1.93. The topological polar surface area (TPSA) is 59.0 Å². The third-order valence-corrected chi connectivity index (χ3v) is 5.95. The van der Waals surface area contributed by atoms with Crippen molar-refractivity contribution in [2.45, 2.75) is 31.3 Å². The third kappa shape index (κ3) is 4.46. The van der Waals surface area contributed by atoms with Crippen LogP contribution in [-0.4, -0.2) is 28.8 Å². The predicted octanol–water partition coefficient (Wildman–Crippen LogP) is 3.58. The Bertz CT molecular complexity index is 853. The van der Waals surface area contributed by atoms with Crippen molar-refractivity contribution in [3.8, 4) is 0 Å². The minimum absolute atomic E-state index is 0.0543. The lowest BCUT2D eigenvalue weighted by Crippen LogP contribution is -2.32. The molecule has 4 rings (SSSR count). The van der Waals surface area contributed by atoms with Crippen molar-refractivity contribution in [1.29, 1.82) is 0 Å². The molecule has 0 bridgehead atoms. The Balaban J connectivity index is 1.47. The highest BCUT2D eigenvalue weighted by atomic mass is 32.1. The maximum Gasteiger partial charge on any atom is 0.272 e. The quantitative estimate of drug-likeness (QED) is 0.687. The van der Waals surface area contributed by atoms with Gasteiger partial charge in [0, 0.05) is 17.6 Å². The van der Waals surface area contributed by atoms with Crippen LogP contribution >= 0.6 is 11.3 Å². The number of thiophene rings is 1. The Morgan fingerprint density at radius 3 is 2.89 bits per heavy atom. The maximum absolute atomic E-state index is 12.8. The molecular weight excluding hydrogens is 356 g/mol. The van der Waals surface area contributed by atoms with E-state index in [0.717, 1.165) is 37.2 Å². The number of rotatable bonds is 6. The van der Waals surface area contributed by atoms with Gasteiger partial charge < -0.3 is 10.6 Å². The molecule has 27 heavy (non-hydrogen) atoms. The molecule has 5 nitrogen and oxygen atoms in total. The summed E-state index contributed by atoms with van der Waals surface area (Å²) in [5, 5.41) is 13.2. The van der Waals surface area contributed by atoms with Crippen molar-refractivity contribution < 1.29 is 4.79 Å². The number of aromatic nitrogens is 2. The summed E-state index contributed by atoms with van der Waals surface area (Å²) in [4.78, 5) is 14.0. The molecule has 140 valence electrons. The fourth-order valence-corrected chi connectivity index (χ4v) is 4.29. The van der Waals surface area contributed by atoms with Crippen molar-refractivity contribution >= 4 is 17.2 Å². The van der Waals surface area contributed by atoms with Gasteiger partial charge in [-0.15, -0.1) is 11.3 Å². The van der Waals surface area contributed by atoms with Crippen LogP contribution in [0.15, 0.2) is 60.1 Å². The van der Waals surface area contributed by atoms with Crippen LogP contribution in [0.5, 0.6) is 0 Å². The molecule has 3 aromatic rings. The van der Waals surface area contributed by atoms with Crippen molar-refractivity contribution in [3.05, 3.63) is 76.2 Å². The number of amides is 1. The first kappa shape index (κ1) is 17.9. The molecule has 1 aliphatic heterocycles. The van der Waals surface area contributed by atoms with E-state index in [0.29, 0.717) is 11.7 Å². The van der Waals surface area contributed by atoms with Gasteiger partial charge in [0.05, 0.1) is 12.1 Å². The Kier molecular flexibility index (Phi) is 5.65. The molecule has 0 saturated carbocycles. The molecule has 2 atom stereocenters. The summed E-state index contributed by atoms with van der Waals surface area (Å²) in [5.74, 6) is -0.119. The average molecular weight is 381 g/mol. The maximum atomic E-state index is 12.8. The number of carbonyl (C=O) groups excluding carboxylic acids is 1. The molecule has 0 radical (unpaired) electrons. The molecule has 0 spiro atoms. The van der Waals surface area contributed by atoms with Crippen LogP contribution < -0.4 is 10.6 Å². The molecule has 2 N–H and O–H groups in total. The van der Waals surface area contributed by atoms with E-state index >= 15 is 0 Å². The zero-order valence-corrected chi connectivity index (χ0v) is 16.0. The highest BCUT2D eigenvalue weighted by molar-refractivity contribution is 7.10. The number of nitrogens with zero attached hydrogens (tertiary/aromatic N) is 2. The Morgan fingerprint density at radius 1 is 1.26 bits per heavy atom. The van der Waals surface area contributed by atoms with Gasteiger partial charge in [0.2, 0.25) is 0 Å². The van der Waals surface area contributed by atoms with Gasteiger partial charge in [-0.05, 0) is 48.9 Å². The second kappa shape index (κ2) is 8.50. The van der Waals surface area contributed by atoms with Gasteiger partial charge >= 0.3 is 0 Å². The summed E-state index contributed by atoms with van der Waals surface area (Å²) in [6.07, 6.45) is 4.93. The van der Waals surface area contributed by atoms with E-state index in [1.54, 1.807) is 11.3 Å². The Labute approximate surface area is 163 Å². The van der Waals surface area contributed by atoms with Gasteiger partial charge in [-0.25, -0.2) is 0 Å². The molecular formula is C21H24N4OS. The lowest BCUT2D eigenvalue weighted by molar-refractivity contribution is 0.0930. The lowest BCUT2D eigenvalue weighted by Gasteiger charge is -2.23. The summed E-state index contributed by atoms with van der Waals surface area (Å²) in [5.41, 5.74) is 1.69. The van der Waals surface area contributed by atoms with Gasteiger partial charge in [-0.2, -0.15) is 5.10 Å². The lowest BCUT2D eigenvalue weighted by atomic mass is 10.0. The van der Waals surface area contributed by atoms with Crippen molar-refractivity contribution in [3.63, 3.8) is 0 Å². The number of nitrogens with one attached hydrogen (secondary N) is 2. The van der Waals surface area contributed by atoms with E-state index < -0.39 is 0 Å². The second-order valence-corrected chi connectivity index (χ2v) is 7.89. The normalized spacial score (nSPS) is 18.1. The Morgan fingerprint density at radius 2 is 2.15 bits per heavy atom. The van der Waals surface area contributed by atoms with Gasteiger partial charge in [-0.1, -0.05) is 36.4 Å². The summed E-state index contributed by atoms with van der Waals surface area (Å²) in [6, 6.07) is 16.5. The van der Waals surface area contributed by atoms with Gasteiger partial charge in [0.15, 0.2) is 0 Å². The molecule has 0 aliphatic carbocycles. The fourth-order valence-electron chi connectivity index (χ4n) is 3.52. The molecule has 1 saturated heterocycles. The first-order chi connectivity index (χ1) is 13.3. The highest BCUT2D eigenvalue weighted by Crippen LogP contribution is 2.23. The van der Waals surface area contributed by atoms with E-state index in [2.05, 4.69) is 33.9 Å². The number of carbonyl (C=O) groups is 1. The largest absolute Gasteiger partial charge is 0.343 e. The fraction of sp³-hybridized carbons (Fsp3) is 0.333. The molecule has 1 amide bonds. The molecule has 1 fully saturated rings. The molecule has 1 aliphatic rings. The van der Waals surface area contributed by atoms with Crippen molar-refractivity contribution in [2.24, 2.45) is 0 Å². The first-order valence-corrected chi connectivity index (χ1v) is 10.3. The van der Waals surface area contributed by atoms with Crippen LogP contribution in [0.3, 0.4) is 0 Å². The zero-order valence-electron chi connectivity index (χ0n) is 15.2. The highest BCUT2D eigenvalue weighted by Gasteiger charge is 2.21. The van der Waals surface area contributed by atoms with Crippen LogP contribution in [0, 0.1) is 0 Å². The predicted molar refractivity (Wildman–Crippen MR) is 108 cm³/mol. The number of hydrogen-bond donors (Lipinski definition) is 2. The third-order valence-electron chi connectivity index (χ3n) is 4.96. The van der Waals surface area contributed by atoms with Crippen LogP contribution in [0.4, 0.5) is 0 Å². The van der Waals surface area contributed by atoms with E-state index in [4.69, 9.17) is 0 Å². The molecule has 1 aromatic carbocycles. The molecule has 2 unspecified atom stereocenters. The Hall–Kier alpha value is -2.44. The monoisotopic (exact) mass is 380 g/mol. The second-order valence-electron chi connectivity index (χ2n) is 6.91. The minimum Gasteiger partial charge on any atom is -0.343 e. The van der Waals surface area contributed by atoms with Gasteiger partial charge in [-0.3, -0.25) is 9.48 Å². The standard InChI is InChI=1S/C21H24N4OS/c26-21(18-10-12-25(24-18)17-8-4-11-22-15-17)23-19(20-9-5-13-27-20)14-16-6-2-1-3-7-16/h1-3,5-7,9-10,12-13,17,19,22H,4,8,11,14-15H2,(H,23,26). The van der Waals surface area contributed by atoms with E-state index in [1.807, 2.05) is 46.6 Å². The van der Waals surface area contributed by atoms with Crippen LogP contribution in [0.25, 0.3) is 0 Å². The molecule has 3 heterocycles. The zero-order chi connectivity index (χ0) is 18.5. The number of benzene rings is 1. The molecule has 2 aromatic heterocycles. The van der Waals surface area contributed by atoms with Crippen molar-refractivity contribution in [1.82, 2.24) is 20.4 Å². The van der Waals surface area contributed by atoms with Crippen LogP contribution in [0.2, 0.25) is 0 Å². The average Bonchev–Trinajstić information content (AvgIpc) is 3.41. The van der Waals surface area contributed by atoms with E-state index in [-0.39, 0.29) is 11.9 Å². The number of piperidine rings is 1. The van der Waals surface area contributed by atoms with E-state index in [1.165, 1.54) is 5.56 Å². The summed E-state index contributed by atoms with van der Waals surface area (Å²) in [6.45, 7) is 1.97. The SMILES string of the molecule is O=C(NC(Cc1ccccc1)c1cccs1)c1ccn(C2CCCNC2)n1. The van der Waals surface area contributed by atoms with E-state index in [9.17, 15) is 4.79 Å². The summed E-state index contributed by atoms with van der Waals surface area (Å²) >= 11 is 1.67. The van der Waals surface area contributed by atoms with Gasteiger partial charge in [0.1, 0.15) is 5.69 Å². The van der Waals surface area contributed by atoms with Gasteiger partial charge in [0.25, 0.3) is 5.91 Å². The summed E-state index contributed by atoms with van der Waals surface area (Å²) in [7, 11) is 0. The molecule has 6 heteroatoms. The minimum atomic E-state index is -0.119. The smallest absolute Gasteiger partial charge is 0.272 e. The van der Waals surface area contributed by atoms with Crippen molar-refractivity contribution in [2.75, 3.05) is 13.1 Å². The first-order valence-electron chi connectivity index (χ1n) is 9.43. The van der Waals surface area contributed by atoms with Crippen LogP contribution in [0.1, 0.15) is 45.9 Å². The number of hydrogen-bond acceptors (Lipinski definition) is 4.